The Morgan fingerprint density at radius 2 is 1.81 bits per heavy atom. The summed E-state index contributed by atoms with van der Waals surface area (Å²) in [4.78, 5) is 2.32. The molecule has 1 atom stereocenters. The van der Waals surface area contributed by atoms with E-state index in [0.717, 1.165) is 25.9 Å². The summed E-state index contributed by atoms with van der Waals surface area (Å²) in [7, 11) is 0. The van der Waals surface area contributed by atoms with E-state index >= 15 is 0 Å². The van der Waals surface area contributed by atoms with Gasteiger partial charge in [-0.3, -0.25) is 0 Å². The van der Waals surface area contributed by atoms with Crippen molar-refractivity contribution in [2.75, 3.05) is 18.0 Å². The van der Waals surface area contributed by atoms with Crippen LogP contribution in [0.5, 0.6) is 0 Å². The van der Waals surface area contributed by atoms with Crippen LogP contribution in [0, 0.1) is 0 Å². The van der Waals surface area contributed by atoms with Gasteiger partial charge >= 0.3 is 0 Å². The predicted octanol–water partition coefficient (Wildman–Crippen LogP) is 1.67. The van der Waals surface area contributed by atoms with Crippen LogP contribution in [0.25, 0.3) is 0 Å². The maximum absolute atomic E-state index is 9.45. The number of aliphatic hydroxyl groups excluding tert-OH is 1. The lowest BCUT2D eigenvalue weighted by atomic mass is 10.1. The normalized spacial score (nSPS) is 19.8. The Hall–Kier alpha value is -1.06. The molecule has 1 fully saturated rings. The first kappa shape index (κ1) is 11.4. The van der Waals surface area contributed by atoms with Crippen molar-refractivity contribution in [2.24, 2.45) is 5.73 Å². The summed E-state index contributed by atoms with van der Waals surface area (Å²) >= 11 is 0. The zero-order valence-corrected chi connectivity index (χ0v) is 9.76. The highest BCUT2D eigenvalue weighted by Crippen LogP contribution is 2.21. The van der Waals surface area contributed by atoms with Crippen molar-refractivity contribution in [3.05, 3.63) is 29.8 Å². The molecule has 0 amide bonds. The van der Waals surface area contributed by atoms with Crippen molar-refractivity contribution in [1.29, 1.82) is 0 Å². The van der Waals surface area contributed by atoms with Crippen LogP contribution >= 0.6 is 0 Å². The van der Waals surface area contributed by atoms with Crippen LogP contribution < -0.4 is 10.6 Å². The lowest BCUT2D eigenvalue weighted by molar-refractivity contribution is 0.145. The average molecular weight is 220 g/mol. The molecule has 1 heterocycles. The van der Waals surface area contributed by atoms with Crippen LogP contribution in [0.4, 0.5) is 5.69 Å². The number of piperidine rings is 1. The lowest BCUT2D eigenvalue weighted by Gasteiger charge is -2.31. The van der Waals surface area contributed by atoms with E-state index in [2.05, 4.69) is 29.2 Å². The molecule has 0 bridgehead atoms. The van der Waals surface area contributed by atoms with Gasteiger partial charge in [0.15, 0.2) is 0 Å². The van der Waals surface area contributed by atoms with E-state index in [9.17, 15) is 5.11 Å². The lowest BCUT2D eigenvalue weighted by Crippen LogP contribution is -2.35. The summed E-state index contributed by atoms with van der Waals surface area (Å²) < 4.78 is 0. The molecule has 3 heteroatoms. The Morgan fingerprint density at radius 3 is 2.31 bits per heavy atom. The molecule has 1 aromatic rings. The molecule has 0 aliphatic carbocycles. The second-order valence-corrected chi connectivity index (χ2v) is 4.60. The van der Waals surface area contributed by atoms with Gasteiger partial charge in [-0.2, -0.15) is 0 Å². The zero-order valence-electron chi connectivity index (χ0n) is 9.76. The Kier molecular flexibility index (Phi) is 3.46. The highest BCUT2D eigenvalue weighted by Gasteiger charge is 2.16. The fraction of sp³-hybridized carbons (Fsp3) is 0.538. The van der Waals surface area contributed by atoms with Gasteiger partial charge in [0.1, 0.15) is 0 Å². The highest BCUT2D eigenvalue weighted by molar-refractivity contribution is 5.48. The Morgan fingerprint density at radius 1 is 1.25 bits per heavy atom. The fourth-order valence-corrected chi connectivity index (χ4v) is 2.11. The monoisotopic (exact) mass is 220 g/mol. The smallest absolute Gasteiger partial charge is 0.0574 e. The van der Waals surface area contributed by atoms with E-state index in [1.54, 1.807) is 0 Å². The van der Waals surface area contributed by atoms with Gasteiger partial charge in [-0.1, -0.05) is 12.1 Å². The Balaban J connectivity index is 2.04. The molecule has 0 unspecified atom stereocenters. The molecular weight excluding hydrogens is 200 g/mol. The van der Waals surface area contributed by atoms with Gasteiger partial charge in [0.05, 0.1) is 6.10 Å². The summed E-state index contributed by atoms with van der Waals surface area (Å²) in [6, 6.07) is 8.51. The SMILES string of the molecule is C[C@H](N)c1ccc(N2CCC(O)CC2)cc1. The van der Waals surface area contributed by atoms with Crippen LogP contribution in [-0.2, 0) is 0 Å². The molecule has 0 aromatic heterocycles. The quantitative estimate of drug-likeness (QED) is 0.797. The predicted molar refractivity (Wildman–Crippen MR) is 66.5 cm³/mol. The third kappa shape index (κ3) is 2.54. The standard InChI is InChI=1S/C13H20N2O/c1-10(14)11-2-4-12(5-3-11)15-8-6-13(16)7-9-15/h2-5,10,13,16H,6-9,14H2,1H3/t10-/m0/s1. The second-order valence-electron chi connectivity index (χ2n) is 4.60. The second kappa shape index (κ2) is 4.85. The number of aliphatic hydroxyl groups is 1. The van der Waals surface area contributed by atoms with E-state index in [1.807, 2.05) is 6.92 Å². The Labute approximate surface area is 96.9 Å². The van der Waals surface area contributed by atoms with E-state index in [0.29, 0.717) is 0 Å². The summed E-state index contributed by atoms with van der Waals surface area (Å²) in [6.07, 6.45) is 1.63. The largest absolute Gasteiger partial charge is 0.393 e. The average Bonchev–Trinajstić information content (AvgIpc) is 2.30. The maximum Gasteiger partial charge on any atom is 0.0574 e. The van der Waals surface area contributed by atoms with Crippen LogP contribution in [-0.4, -0.2) is 24.3 Å². The molecule has 1 aliphatic heterocycles. The highest BCUT2D eigenvalue weighted by atomic mass is 16.3. The van der Waals surface area contributed by atoms with Crippen molar-refractivity contribution in [3.8, 4) is 0 Å². The molecule has 3 N–H and O–H groups in total. The van der Waals surface area contributed by atoms with Gasteiger partial charge in [-0.25, -0.2) is 0 Å². The molecule has 1 aromatic carbocycles. The number of rotatable bonds is 2. The van der Waals surface area contributed by atoms with Gasteiger partial charge in [-0.15, -0.1) is 0 Å². The minimum absolute atomic E-state index is 0.0947. The van der Waals surface area contributed by atoms with Crippen LogP contribution in [0.3, 0.4) is 0 Å². The molecule has 0 spiro atoms. The van der Waals surface area contributed by atoms with Crippen LogP contribution in [0.1, 0.15) is 31.4 Å². The third-order valence-electron chi connectivity index (χ3n) is 3.25. The van der Waals surface area contributed by atoms with Gasteiger partial charge < -0.3 is 15.7 Å². The zero-order chi connectivity index (χ0) is 11.5. The van der Waals surface area contributed by atoms with Crippen molar-refractivity contribution in [2.45, 2.75) is 31.9 Å². The number of hydrogen-bond acceptors (Lipinski definition) is 3. The summed E-state index contributed by atoms with van der Waals surface area (Å²) in [5.41, 5.74) is 8.21. The van der Waals surface area contributed by atoms with Gasteiger partial charge in [0.25, 0.3) is 0 Å². The van der Waals surface area contributed by atoms with E-state index in [4.69, 9.17) is 5.73 Å². The van der Waals surface area contributed by atoms with Crippen molar-refractivity contribution in [3.63, 3.8) is 0 Å². The summed E-state index contributed by atoms with van der Waals surface area (Å²) in [5.74, 6) is 0. The van der Waals surface area contributed by atoms with Crippen molar-refractivity contribution >= 4 is 5.69 Å². The first-order chi connectivity index (χ1) is 7.66. The molecule has 3 nitrogen and oxygen atoms in total. The number of anilines is 1. The van der Waals surface area contributed by atoms with Gasteiger partial charge in [0.2, 0.25) is 0 Å². The Bertz CT molecular complexity index is 326. The third-order valence-corrected chi connectivity index (χ3v) is 3.25. The van der Waals surface area contributed by atoms with E-state index < -0.39 is 0 Å². The number of nitrogens with zero attached hydrogens (tertiary/aromatic N) is 1. The number of nitrogens with two attached hydrogens (primary N) is 1. The number of benzene rings is 1. The molecule has 16 heavy (non-hydrogen) atoms. The maximum atomic E-state index is 9.45. The van der Waals surface area contributed by atoms with E-state index in [1.165, 1.54) is 11.3 Å². The molecular formula is C13H20N2O. The fourth-order valence-electron chi connectivity index (χ4n) is 2.11. The molecule has 2 rings (SSSR count). The number of hydrogen-bond donors (Lipinski definition) is 2. The van der Waals surface area contributed by atoms with Crippen LogP contribution in [0.2, 0.25) is 0 Å². The topological polar surface area (TPSA) is 49.5 Å². The molecule has 1 saturated heterocycles. The van der Waals surface area contributed by atoms with Gasteiger partial charge in [0, 0.05) is 24.8 Å². The summed E-state index contributed by atoms with van der Waals surface area (Å²) in [6.45, 7) is 3.88. The van der Waals surface area contributed by atoms with Gasteiger partial charge in [-0.05, 0) is 37.5 Å². The van der Waals surface area contributed by atoms with Crippen molar-refractivity contribution in [1.82, 2.24) is 0 Å². The molecule has 88 valence electrons. The first-order valence-electron chi connectivity index (χ1n) is 5.95. The molecule has 0 radical (unpaired) electrons. The first-order valence-corrected chi connectivity index (χ1v) is 5.95. The summed E-state index contributed by atoms with van der Waals surface area (Å²) in [5, 5.41) is 9.45. The minimum Gasteiger partial charge on any atom is -0.393 e. The molecule has 1 aliphatic rings. The molecule has 0 saturated carbocycles. The van der Waals surface area contributed by atoms with Crippen molar-refractivity contribution < 1.29 is 5.11 Å². The van der Waals surface area contributed by atoms with Crippen LogP contribution in [0.15, 0.2) is 24.3 Å². The minimum atomic E-state index is -0.111. The van der Waals surface area contributed by atoms with E-state index in [-0.39, 0.29) is 12.1 Å².